The molecule has 1 aliphatic rings. The molecule has 0 unspecified atom stereocenters. The number of benzene rings is 1. The average molecular weight is 396 g/mol. The highest BCUT2D eigenvalue weighted by Crippen LogP contribution is 2.34. The average Bonchev–Trinajstić information content (AvgIpc) is 3.10. The Morgan fingerprint density at radius 1 is 1.38 bits per heavy atom. The first kappa shape index (κ1) is 18.7. The van der Waals surface area contributed by atoms with E-state index in [4.69, 9.17) is 15.3 Å². The minimum Gasteiger partial charge on any atom is -0.496 e. The van der Waals surface area contributed by atoms with Gasteiger partial charge in [-0.2, -0.15) is 10.2 Å². The Balaban J connectivity index is 1.79. The number of carbonyl (C=O) groups is 2. The molecule has 0 fully saturated rings. The van der Waals surface area contributed by atoms with Crippen LogP contribution in [0.4, 0.5) is 5.69 Å². The Morgan fingerprint density at radius 2 is 2.21 bits per heavy atom. The van der Waals surface area contributed by atoms with E-state index in [1.165, 1.54) is 0 Å². The van der Waals surface area contributed by atoms with E-state index in [1.807, 2.05) is 12.1 Å². The van der Waals surface area contributed by atoms with Crippen molar-refractivity contribution in [3.8, 4) is 5.75 Å². The first-order valence-corrected chi connectivity index (χ1v) is 9.16. The van der Waals surface area contributed by atoms with E-state index in [9.17, 15) is 9.59 Å². The van der Waals surface area contributed by atoms with Crippen molar-refractivity contribution in [3.05, 3.63) is 40.8 Å². The highest BCUT2D eigenvalue weighted by molar-refractivity contribution is 5.94. The van der Waals surface area contributed by atoms with Crippen LogP contribution in [0.15, 0.2) is 18.3 Å². The van der Waals surface area contributed by atoms with Crippen molar-refractivity contribution in [1.82, 2.24) is 20.1 Å². The fourth-order valence-corrected chi connectivity index (χ4v) is 3.75. The molecule has 0 bridgehead atoms. The van der Waals surface area contributed by atoms with E-state index in [0.29, 0.717) is 30.8 Å². The van der Waals surface area contributed by atoms with Crippen LogP contribution in [-0.4, -0.2) is 46.2 Å². The highest BCUT2D eigenvalue weighted by Gasteiger charge is 2.29. The van der Waals surface area contributed by atoms with E-state index in [1.54, 1.807) is 13.3 Å². The molecule has 0 radical (unpaired) electrons. The summed E-state index contributed by atoms with van der Waals surface area (Å²) in [5.41, 5.74) is 9.53. The van der Waals surface area contributed by atoms with E-state index < -0.39 is 5.91 Å². The second-order valence-corrected chi connectivity index (χ2v) is 6.65. The molecule has 3 heterocycles. The fraction of sp³-hybridized carbons (Fsp3) is 0.316. The summed E-state index contributed by atoms with van der Waals surface area (Å²) >= 11 is 0. The largest absolute Gasteiger partial charge is 0.496 e. The van der Waals surface area contributed by atoms with Gasteiger partial charge in [0.15, 0.2) is 5.69 Å². The molecule has 3 aromatic rings. The Morgan fingerprint density at radius 3 is 2.90 bits per heavy atom. The normalized spacial score (nSPS) is 13.2. The van der Waals surface area contributed by atoms with Gasteiger partial charge in [-0.25, -0.2) is 0 Å². The Hall–Kier alpha value is -3.69. The van der Waals surface area contributed by atoms with Crippen molar-refractivity contribution >= 4 is 29.0 Å². The van der Waals surface area contributed by atoms with Gasteiger partial charge in [0.1, 0.15) is 5.75 Å². The zero-order valence-electron chi connectivity index (χ0n) is 16.1. The van der Waals surface area contributed by atoms with Crippen molar-refractivity contribution in [2.75, 3.05) is 18.6 Å². The highest BCUT2D eigenvalue weighted by atomic mass is 16.7. The van der Waals surface area contributed by atoms with Crippen molar-refractivity contribution < 1.29 is 19.2 Å². The van der Waals surface area contributed by atoms with Crippen LogP contribution in [0.25, 0.3) is 10.9 Å². The third-order valence-electron chi connectivity index (χ3n) is 5.14. The number of rotatable bonds is 6. The number of methoxy groups -OCH3 is 1. The van der Waals surface area contributed by atoms with Gasteiger partial charge in [-0.3, -0.25) is 9.59 Å². The molecule has 1 amide bonds. The van der Waals surface area contributed by atoms with Gasteiger partial charge in [-0.05, 0) is 24.1 Å². The number of ether oxygens (including phenoxy) is 1. The lowest BCUT2D eigenvalue weighted by molar-refractivity contribution is -0.131. The number of carbonyl (C=O) groups excluding carboxylic acids is 2. The second kappa shape index (κ2) is 7.38. The summed E-state index contributed by atoms with van der Waals surface area (Å²) in [4.78, 5) is 30.6. The first-order chi connectivity index (χ1) is 14.1. The Labute approximate surface area is 166 Å². The summed E-state index contributed by atoms with van der Waals surface area (Å²) in [5, 5.41) is 13.3. The lowest BCUT2D eigenvalue weighted by Gasteiger charge is -2.29. The quantitative estimate of drug-likeness (QED) is 0.602. The number of aromatic nitrogens is 4. The monoisotopic (exact) mass is 396 g/mol. The van der Waals surface area contributed by atoms with Crippen molar-refractivity contribution in [3.63, 3.8) is 0 Å². The molecule has 2 aromatic heterocycles. The van der Waals surface area contributed by atoms with Crippen LogP contribution in [0.2, 0.25) is 0 Å². The minimum absolute atomic E-state index is 0.0868. The molecule has 0 aliphatic carbocycles. The number of hydrogen-bond donors (Lipinski definition) is 1. The number of fused-ring (bicyclic) bond motifs is 2. The molecule has 10 heteroatoms. The maximum atomic E-state index is 11.8. The zero-order chi connectivity index (χ0) is 20.5. The number of primary amides is 1. The third-order valence-corrected chi connectivity index (χ3v) is 5.14. The summed E-state index contributed by atoms with van der Waals surface area (Å²) in [7, 11) is 1.64. The maximum Gasteiger partial charge on any atom is 0.323 e. The summed E-state index contributed by atoms with van der Waals surface area (Å²) in [6.45, 7) is 3.30. The van der Waals surface area contributed by atoms with E-state index in [2.05, 4.69) is 27.1 Å². The predicted molar refractivity (Wildman–Crippen MR) is 104 cm³/mol. The molecular weight excluding hydrogens is 376 g/mol. The van der Waals surface area contributed by atoms with Gasteiger partial charge in [0.25, 0.3) is 5.91 Å². The SMILES string of the molecule is CCc1cc2nncc(N3CCc4c(c(C(N)=O)nn4OC=O)C3)c2cc1OC. The zero-order valence-corrected chi connectivity index (χ0v) is 16.1. The Bertz CT molecular complexity index is 1110. The number of aryl methyl sites for hydroxylation is 1. The van der Waals surface area contributed by atoms with Gasteiger partial charge in [0.2, 0.25) is 0 Å². The number of nitrogens with zero attached hydrogens (tertiary/aromatic N) is 5. The number of hydrogen-bond acceptors (Lipinski definition) is 8. The van der Waals surface area contributed by atoms with Gasteiger partial charge in [-0.15, -0.1) is 5.10 Å². The summed E-state index contributed by atoms with van der Waals surface area (Å²) in [6.07, 6.45) is 3.02. The Kier molecular flexibility index (Phi) is 4.75. The lowest BCUT2D eigenvalue weighted by Crippen LogP contribution is -2.33. The van der Waals surface area contributed by atoms with Crippen LogP contribution in [0, 0.1) is 0 Å². The van der Waals surface area contributed by atoms with Gasteiger partial charge >= 0.3 is 6.47 Å². The fourth-order valence-electron chi connectivity index (χ4n) is 3.75. The second-order valence-electron chi connectivity index (χ2n) is 6.65. The van der Waals surface area contributed by atoms with Crippen LogP contribution in [0.3, 0.4) is 0 Å². The van der Waals surface area contributed by atoms with Crippen molar-refractivity contribution in [1.29, 1.82) is 0 Å². The first-order valence-electron chi connectivity index (χ1n) is 9.16. The van der Waals surface area contributed by atoms with Crippen LogP contribution in [0.5, 0.6) is 5.75 Å². The van der Waals surface area contributed by atoms with Gasteiger partial charge in [0, 0.05) is 30.5 Å². The van der Waals surface area contributed by atoms with Gasteiger partial charge < -0.3 is 20.2 Å². The number of nitrogens with two attached hydrogens (primary N) is 1. The predicted octanol–water partition coefficient (Wildman–Crippen LogP) is 0.644. The van der Waals surface area contributed by atoms with Gasteiger partial charge in [0.05, 0.1) is 30.2 Å². The minimum atomic E-state index is -0.677. The number of amides is 1. The molecule has 29 heavy (non-hydrogen) atoms. The van der Waals surface area contributed by atoms with Crippen LogP contribution >= 0.6 is 0 Å². The van der Waals surface area contributed by atoms with Crippen molar-refractivity contribution in [2.24, 2.45) is 5.73 Å². The molecule has 2 N–H and O–H groups in total. The maximum absolute atomic E-state index is 11.8. The molecule has 0 saturated heterocycles. The molecule has 1 aliphatic heterocycles. The lowest BCUT2D eigenvalue weighted by atomic mass is 10.0. The molecule has 150 valence electrons. The third kappa shape index (κ3) is 3.12. The molecule has 0 saturated carbocycles. The number of anilines is 1. The summed E-state index contributed by atoms with van der Waals surface area (Å²) in [5.74, 6) is 0.111. The van der Waals surface area contributed by atoms with Crippen LogP contribution in [0.1, 0.15) is 34.2 Å². The summed E-state index contributed by atoms with van der Waals surface area (Å²) in [6, 6.07) is 3.94. The topological polar surface area (TPSA) is 125 Å². The van der Waals surface area contributed by atoms with Gasteiger partial charge in [-0.1, -0.05) is 11.8 Å². The standard InChI is InChI=1S/C19H20N6O4/c1-3-11-6-14-12(7-17(11)28-2)16(8-21-22-14)24-5-4-15-13(9-24)18(19(20)27)23-25(15)29-10-26/h6-8,10H,3-5,9H2,1-2H3,(H2,20,27). The van der Waals surface area contributed by atoms with E-state index in [0.717, 1.165) is 39.2 Å². The van der Waals surface area contributed by atoms with E-state index in [-0.39, 0.29) is 12.2 Å². The molecule has 0 atom stereocenters. The molecule has 4 rings (SSSR count). The molecule has 1 aromatic carbocycles. The summed E-state index contributed by atoms with van der Waals surface area (Å²) < 4.78 is 5.53. The van der Waals surface area contributed by atoms with Crippen LogP contribution in [-0.2, 0) is 24.2 Å². The molecular formula is C19H20N6O4. The molecule has 0 spiro atoms. The van der Waals surface area contributed by atoms with Crippen LogP contribution < -0.4 is 20.2 Å². The smallest absolute Gasteiger partial charge is 0.323 e. The van der Waals surface area contributed by atoms with Crippen molar-refractivity contribution in [2.45, 2.75) is 26.3 Å². The van der Waals surface area contributed by atoms with E-state index >= 15 is 0 Å². The molecule has 10 nitrogen and oxygen atoms in total.